The van der Waals surface area contributed by atoms with Crippen molar-refractivity contribution in [3.05, 3.63) is 89.1 Å². The third-order valence-corrected chi connectivity index (χ3v) is 5.00. The number of benzene rings is 2. The lowest BCUT2D eigenvalue weighted by atomic mass is 9.90. The van der Waals surface area contributed by atoms with Crippen LogP contribution in [0.5, 0.6) is 0 Å². The van der Waals surface area contributed by atoms with Gasteiger partial charge < -0.3 is 4.90 Å². The van der Waals surface area contributed by atoms with Crippen molar-refractivity contribution in [3.63, 3.8) is 0 Å². The fraction of sp³-hybridized carbons (Fsp3) is 0.227. The molecular formula is C22H21NO. The van der Waals surface area contributed by atoms with Crippen molar-refractivity contribution < 1.29 is 4.79 Å². The number of carbonyl (C=O) groups is 1. The first-order valence-electron chi connectivity index (χ1n) is 8.57. The van der Waals surface area contributed by atoms with Crippen LogP contribution in [-0.4, -0.2) is 17.9 Å². The van der Waals surface area contributed by atoms with Crippen LogP contribution < -0.4 is 0 Å². The molecule has 2 nitrogen and oxygen atoms in total. The molecule has 0 bridgehead atoms. The number of carbonyl (C=O) groups excluding carboxylic acids is 1. The van der Waals surface area contributed by atoms with E-state index < -0.39 is 0 Å². The normalized spacial score (nSPS) is 20.3. The Morgan fingerprint density at radius 1 is 0.958 bits per heavy atom. The average Bonchev–Trinajstić information content (AvgIpc) is 2.85. The summed E-state index contributed by atoms with van der Waals surface area (Å²) in [6.45, 7) is 0. The summed E-state index contributed by atoms with van der Waals surface area (Å²) in [7, 11) is 1.87. The summed E-state index contributed by atoms with van der Waals surface area (Å²) < 4.78 is 0. The van der Waals surface area contributed by atoms with E-state index in [-0.39, 0.29) is 11.8 Å². The van der Waals surface area contributed by atoms with Gasteiger partial charge in [-0.25, -0.2) is 0 Å². The van der Waals surface area contributed by atoms with Gasteiger partial charge >= 0.3 is 0 Å². The van der Waals surface area contributed by atoms with E-state index >= 15 is 0 Å². The highest BCUT2D eigenvalue weighted by molar-refractivity contribution is 5.93. The van der Waals surface area contributed by atoms with Crippen LogP contribution in [0.25, 0.3) is 5.57 Å². The number of rotatable bonds is 1. The van der Waals surface area contributed by atoms with Crippen molar-refractivity contribution in [2.75, 3.05) is 7.05 Å². The van der Waals surface area contributed by atoms with E-state index in [1.54, 1.807) is 4.90 Å². The van der Waals surface area contributed by atoms with Crippen LogP contribution in [0.4, 0.5) is 0 Å². The Balaban J connectivity index is 1.91. The van der Waals surface area contributed by atoms with Crippen molar-refractivity contribution in [1.29, 1.82) is 0 Å². The van der Waals surface area contributed by atoms with E-state index in [4.69, 9.17) is 0 Å². The number of hydrogen-bond acceptors (Lipinski definition) is 1. The zero-order chi connectivity index (χ0) is 16.5. The summed E-state index contributed by atoms with van der Waals surface area (Å²) in [5.74, 6) is -0.0992. The zero-order valence-electron chi connectivity index (χ0n) is 13.9. The summed E-state index contributed by atoms with van der Waals surface area (Å²) in [4.78, 5) is 14.7. The molecule has 2 aromatic carbocycles. The van der Waals surface area contributed by atoms with E-state index in [9.17, 15) is 4.79 Å². The average molecular weight is 315 g/mol. The molecule has 24 heavy (non-hydrogen) atoms. The van der Waals surface area contributed by atoms with Gasteiger partial charge in [0.15, 0.2) is 0 Å². The van der Waals surface area contributed by atoms with Crippen LogP contribution in [0, 0.1) is 0 Å². The number of aryl methyl sites for hydroxylation is 1. The van der Waals surface area contributed by atoms with Gasteiger partial charge in [0.1, 0.15) is 0 Å². The molecule has 1 heterocycles. The molecule has 4 rings (SSSR count). The minimum atomic E-state index is -0.230. The standard InChI is InChI=1S/C22H21NO/c1-23-15-18-12-7-11-16-10-5-6-13-19(16)20(18)14-21(22(23)24)17-8-3-2-4-9-17/h2-6,8-10,13-15,21H,7,11-12H2,1H3. The Labute approximate surface area is 143 Å². The first-order chi connectivity index (χ1) is 11.7. The molecule has 2 heteroatoms. The van der Waals surface area contributed by atoms with Crippen LogP contribution in [0.2, 0.25) is 0 Å². The highest BCUT2D eigenvalue weighted by Gasteiger charge is 2.28. The van der Waals surface area contributed by atoms with Gasteiger partial charge in [0.05, 0.1) is 5.92 Å². The van der Waals surface area contributed by atoms with Crippen LogP contribution in [0.1, 0.15) is 35.4 Å². The zero-order valence-corrected chi connectivity index (χ0v) is 13.9. The van der Waals surface area contributed by atoms with Gasteiger partial charge in [-0.2, -0.15) is 0 Å². The van der Waals surface area contributed by atoms with Crippen LogP contribution in [-0.2, 0) is 11.2 Å². The molecule has 0 fully saturated rings. The van der Waals surface area contributed by atoms with Crippen molar-refractivity contribution in [3.8, 4) is 0 Å². The van der Waals surface area contributed by atoms with Crippen molar-refractivity contribution in [1.82, 2.24) is 4.90 Å². The predicted octanol–water partition coefficient (Wildman–Crippen LogP) is 4.55. The minimum absolute atomic E-state index is 0.131. The molecule has 1 atom stereocenters. The molecule has 2 aromatic rings. The van der Waals surface area contributed by atoms with Gasteiger partial charge in [0, 0.05) is 13.2 Å². The largest absolute Gasteiger partial charge is 0.321 e. The summed E-state index contributed by atoms with van der Waals surface area (Å²) in [5, 5.41) is 0. The third kappa shape index (κ3) is 2.58. The van der Waals surface area contributed by atoms with Gasteiger partial charge in [-0.1, -0.05) is 60.7 Å². The highest BCUT2D eigenvalue weighted by Crippen LogP contribution is 2.38. The van der Waals surface area contributed by atoms with Gasteiger partial charge in [-0.05, 0) is 47.1 Å². The predicted molar refractivity (Wildman–Crippen MR) is 97.4 cm³/mol. The number of likely N-dealkylation sites (N-methyl/N-ethyl adjacent to an activating group) is 1. The van der Waals surface area contributed by atoms with Crippen molar-refractivity contribution in [2.45, 2.75) is 25.2 Å². The van der Waals surface area contributed by atoms with Gasteiger partial charge in [0.2, 0.25) is 5.91 Å². The molecule has 0 radical (unpaired) electrons. The fourth-order valence-corrected chi connectivity index (χ4v) is 3.76. The van der Waals surface area contributed by atoms with Crippen LogP contribution in [0.3, 0.4) is 0 Å². The molecule has 2 aliphatic rings. The van der Waals surface area contributed by atoms with Crippen LogP contribution >= 0.6 is 0 Å². The quantitative estimate of drug-likeness (QED) is 0.756. The van der Waals surface area contributed by atoms with Crippen molar-refractivity contribution >= 4 is 11.5 Å². The highest BCUT2D eigenvalue weighted by atomic mass is 16.2. The number of fused-ring (bicyclic) bond motifs is 3. The maximum atomic E-state index is 12.9. The van der Waals surface area contributed by atoms with Gasteiger partial charge in [-0.3, -0.25) is 4.79 Å². The molecular weight excluding hydrogens is 294 g/mol. The second-order valence-corrected chi connectivity index (χ2v) is 6.58. The first-order valence-corrected chi connectivity index (χ1v) is 8.57. The second-order valence-electron chi connectivity index (χ2n) is 6.58. The minimum Gasteiger partial charge on any atom is -0.321 e. The molecule has 1 aliphatic carbocycles. The van der Waals surface area contributed by atoms with E-state index in [1.165, 1.54) is 22.3 Å². The molecule has 0 saturated carbocycles. The summed E-state index contributed by atoms with van der Waals surface area (Å²) >= 11 is 0. The fourth-order valence-electron chi connectivity index (χ4n) is 3.76. The lowest BCUT2D eigenvalue weighted by Gasteiger charge is -2.17. The number of nitrogens with zero attached hydrogens (tertiary/aromatic N) is 1. The lowest BCUT2D eigenvalue weighted by molar-refractivity contribution is -0.128. The molecule has 1 amide bonds. The number of allylic oxidation sites excluding steroid dienone is 2. The molecule has 120 valence electrons. The van der Waals surface area contributed by atoms with E-state index in [0.717, 1.165) is 24.8 Å². The SMILES string of the molecule is CN1C=C2CCCc3ccccc3C2=CC(c2ccccc2)C1=O. The Hall–Kier alpha value is -2.61. The van der Waals surface area contributed by atoms with Gasteiger partial charge in [0.25, 0.3) is 0 Å². The van der Waals surface area contributed by atoms with Crippen LogP contribution in [0.15, 0.2) is 72.4 Å². The summed E-state index contributed by atoms with van der Waals surface area (Å²) in [6.07, 6.45) is 7.45. The first kappa shape index (κ1) is 14.9. The Morgan fingerprint density at radius 2 is 1.71 bits per heavy atom. The lowest BCUT2D eigenvalue weighted by Crippen LogP contribution is -2.25. The Morgan fingerprint density at radius 3 is 2.54 bits per heavy atom. The molecule has 0 saturated heterocycles. The Bertz CT molecular complexity index is 832. The van der Waals surface area contributed by atoms with Crippen molar-refractivity contribution in [2.24, 2.45) is 0 Å². The maximum Gasteiger partial charge on any atom is 0.237 e. The monoisotopic (exact) mass is 315 g/mol. The summed E-state index contributed by atoms with van der Waals surface area (Å²) in [5.41, 5.74) is 6.23. The Kier molecular flexibility index (Phi) is 3.81. The second kappa shape index (κ2) is 6.12. The number of hydrogen-bond donors (Lipinski definition) is 0. The van der Waals surface area contributed by atoms with E-state index in [1.807, 2.05) is 43.6 Å². The maximum absolute atomic E-state index is 12.9. The molecule has 1 aliphatic heterocycles. The van der Waals surface area contributed by atoms with E-state index in [0.29, 0.717) is 0 Å². The summed E-state index contributed by atoms with van der Waals surface area (Å²) in [6, 6.07) is 18.7. The van der Waals surface area contributed by atoms with Gasteiger partial charge in [-0.15, -0.1) is 0 Å². The van der Waals surface area contributed by atoms with E-state index in [2.05, 4.69) is 30.3 Å². The smallest absolute Gasteiger partial charge is 0.237 e. The number of amides is 1. The molecule has 0 N–H and O–H groups in total. The third-order valence-electron chi connectivity index (χ3n) is 5.00. The topological polar surface area (TPSA) is 20.3 Å². The molecule has 1 unspecified atom stereocenters. The molecule has 0 spiro atoms. The molecule has 0 aromatic heterocycles.